The number of hydrogen-bond donors (Lipinski definition) is 2. The Morgan fingerprint density at radius 3 is 2.35 bits per heavy atom. The van der Waals surface area contributed by atoms with Crippen LogP contribution in [0.4, 0.5) is 26.1 Å². The van der Waals surface area contributed by atoms with Crippen molar-refractivity contribution in [2.75, 3.05) is 17.2 Å². The molecule has 0 fully saturated rings. The molecular weight excluding hydrogens is 260 g/mol. The lowest BCUT2D eigenvalue weighted by molar-refractivity contribution is 0.579. The van der Waals surface area contributed by atoms with E-state index >= 15 is 0 Å². The van der Waals surface area contributed by atoms with E-state index in [0.29, 0.717) is 12.2 Å². The van der Waals surface area contributed by atoms with Crippen LogP contribution in [-0.2, 0) is 0 Å². The number of aryl methyl sites for hydroxylation is 2. The van der Waals surface area contributed by atoms with Gasteiger partial charge in [-0.25, -0.2) is 13.8 Å². The maximum atomic E-state index is 13.7. The van der Waals surface area contributed by atoms with Crippen LogP contribution in [0.15, 0.2) is 24.3 Å². The lowest BCUT2D eigenvalue weighted by atomic mass is 10.1. The van der Waals surface area contributed by atoms with E-state index in [4.69, 9.17) is 0 Å². The number of rotatable bonds is 4. The van der Waals surface area contributed by atoms with Crippen LogP contribution in [0.5, 0.6) is 0 Å². The molecule has 0 saturated heterocycles. The summed E-state index contributed by atoms with van der Waals surface area (Å²) in [6.07, 6.45) is 0. The van der Waals surface area contributed by atoms with E-state index in [1.54, 1.807) is 0 Å². The third kappa shape index (κ3) is 3.04. The average molecular weight is 277 g/mol. The van der Waals surface area contributed by atoms with E-state index in [0.717, 1.165) is 17.2 Å². The van der Waals surface area contributed by atoms with Crippen LogP contribution >= 0.6 is 0 Å². The van der Waals surface area contributed by atoms with Gasteiger partial charge in [-0.1, -0.05) is 6.07 Å². The van der Waals surface area contributed by atoms with E-state index in [2.05, 4.69) is 15.6 Å². The molecule has 20 heavy (non-hydrogen) atoms. The third-order valence-electron chi connectivity index (χ3n) is 3.04. The Hall–Kier alpha value is -2.17. The lowest BCUT2D eigenvalue weighted by Crippen LogP contribution is -2.06. The number of benzene rings is 1. The summed E-state index contributed by atoms with van der Waals surface area (Å²) in [6, 6.07) is 6.49. The molecule has 2 N–H and O–H groups in total. The van der Waals surface area contributed by atoms with Crippen molar-refractivity contribution in [1.82, 2.24) is 4.98 Å². The summed E-state index contributed by atoms with van der Waals surface area (Å²) in [7, 11) is 0. The van der Waals surface area contributed by atoms with Crippen molar-refractivity contribution < 1.29 is 8.78 Å². The molecule has 0 aliphatic rings. The summed E-state index contributed by atoms with van der Waals surface area (Å²) in [5.74, 6) is -1.37. The quantitative estimate of drug-likeness (QED) is 0.881. The first kappa shape index (κ1) is 14.2. The van der Waals surface area contributed by atoms with Crippen molar-refractivity contribution in [3.05, 3.63) is 47.0 Å². The van der Waals surface area contributed by atoms with Crippen molar-refractivity contribution >= 4 is 17.3 Å². The maximum absolute atomic E-state index is 13.7. The molecule has 0 bridgehead atoms. The highest BCUT2D eigenvalue weighted by molar-refractivity contribution is 5.60. The third-order valence-corrected chi connectivity index (χ3v) is 3.04. The Morgan fingerprint density at radius 1 is 1.00 bits per heavy atom. The van der Waals surface area contributed by atoms with Gasteiger partial charge in [0.05, 0.1) is 0 Å². The number of nitrogens with one attached hydrogen (secondary N) is 2. The van der Waals surface area contributed by atoms with Crippen molar-refractivity contribution in [1.29, 1.82) is 0 Å². The van der Waals surface area contributed by atoms with E-state index < -0.39 is 11.6 Å². The Kier molecular flexibility index (Phi) is 4.17. The van der Waals surface area contributed by atoms with Gasteiger partial charge in [0, 0.05) is 18.3 Å². The molecule has 0 atom stereocenters. The van der Waals surface area contributed by atoms with Crippen LogP contribution in [0.1, 0.15) is 18.1 Å². The molecule has 3 nitrogen and oxygen atoms in total. The molecule has 0 aliphatic carbocycles. The van der Waals surface area contributed by atoms with Gasteiger partial charge in [0.2, 0.25) is 0 Å². The second kappa shape index (κ2) is 5.86. The second-order valence-electron chi connectivity index (χ2n) is 4.60. The fourth-order valence-corrected chi connectivity index (χ4v) is 1.80. The highest BCUT2D eigenvalue weighted by atomic mass is 19.1. The molecule has 1 aromatic carbocycles. The van der Waals surface area contributed by atoms with E-state index in [1.165, 1.54) is 0 Å². The number of aromatic nitrogens is 1. The normalized spacial score (nSPS) is 10.4. The standard InChI is InChI=1S/C15H17F2N3/c1-4-18-14-12(16)8-13(17)15(20-14)19-11-6-5-9(2)10(3)7-11/h5-8H,4H2,1-3H3,(H2,18,19,20). The van der Waals surface area contributed by atoms with Gasteiger partial charge in [0.15, 0.2) is 23.3 Å². The summed E-state index contributed by atoms with van der Waals surface area (Å²) in [5.41, 5.74) is 2.95. The highest BCUT2D eigenvalue weighted by Crippen LogP contribution is 2.23. The number of anilines is 3. The van der Waals surface area contributed by atoms with Crippen LogP contribution < -0.4 is 10.6 Å². The fraction of sp³-hybridized carbons (Fsp3) is 0.267. The molecule has 1 aromatic heterocycles. The van der Waals surface area contributed by atoms with Gasteiger partial charge in [-0.2, -0.15) is 0 Å². The predicted octanol–water partition coefficient (Wildman–Crippen LogP) is 4.15. The minimum absolute atomic E-state index is 0.00519. The summed E-state index contributed by atoms with van der Waals surface area (Å²) in [5, 5.41) is 5.63. The SMILES string of the molecule is CCNc1nc(Nc2ccc(C)c(C)c2)c(F)cc1F. The van der Waals surface area contributed by atoms with Crippen LogP contribution in [0, 0.1) is 25.5 Å². The van der Waals surface area contributed by atoms with Gasteiger partial charge in [-0.05, 0) is 44.0 Å². The zero-order valence-corrected chi connectivity index (χ0v) is 11.7. The number of pyridine rings is 1. The lowest BCUT2D eigenvalue weighted by Gasteiger charge is -2.11. The topological polar surface area (TPSA) is 37.0 Å². The van der Waals surface area contributed by atoms with E-state index in [1.807, 2.05) is 39.0 Å². The van der Waals surface area contributed by atoms with Gasteiger partial charge in [0.25, 0.3) is 0 Å². The Morgan fingerprint density at radius 2 is 1.70 bits per heavy atom. The van der Waals surface area contributed by atoms with Gasteiger partial charge in [-0.15, -0.1) is 0 Å². The number of halogens is 2. The molecule has 1 heterocycles. The summed E-state index contributed by atoms with van der Waals surface area (Å²) in [6.45, 7) is 6.30. The van der Waals surface area contributed by atoms with E-state index in [-0.39, 0.29) is 11.6 Å². The minimum atomic E-state index is -0.720. The summed E-state index contributed by atoms with van der Waals surface area (Å²) in [4.78, 5) is 3.94. The fourth-order valence-electron chi connectivity index (χ4n) is 1.80. The first-order chi connectivity index (χ1) is 9.51. The largest absolute Gasteiger partial charge is 0.368 e. The van der Waals surface area contributed by atoms with Gasteiger partial charge in [-0.3, -0.25) is 0 Å². The van der Waals surface area contributed by atoms with Gasteiger partial charge >= 0.3 is 0 Å². The molecule has 0 radical (unpaired) electrons. The molecule has 0 saturated carbocycles. The summed E-state index contributed by atoms with van der Waals surface area (Å²) < 4.78 is 27.2. The first-order valence-electron chi connectivity index (χ1n) is 6.45. The van der Waals surface area contributed by atoms with Crippen molar-refractivity contribution in [2.24, 2.45) is 0 Å². The van der Waals surface area contributed by atoms with Crippen LogP contribution in [-0.4, -0.2) is 11.5 Å². The zero-order chi connectivity index (χ0) is 14.7. The minimum Gasteiger partial charge on any atom is -0.368 e. The molecule has 2 rings (SSSR count). The molecule has 106 valence electrons. The van der Waals surface area contributed by atoms with Gasteiger partial charge in [0.1, 0.15) is 0 Å². The van der Waals surface area contributed by atoms with E-state index in [9.17, 15) is 8.78 Å². The predicted molar refractivity (Wildman–Crippen MR) is 77.5 cm³/mol. The molecule has 2 aromatic rings. The smallest absolute Gasteiger partial charge is 0.169 e. The highest BCUT2D eigenvalue weighted by Gasteiger charge is 2.11. The molecule has 0 aliphatic heterocycles. The second-order valence-corrected chi connectivity index (χ2v) is 4.60. The molecule has 0 spiro atoms. The van der Waals surface area contributed by atoms with Gasteiger partial charge < -0.3 is 10.6 Å². The monoisotopic (exact) mass is 277 g/mol. The van der Waals surface area contributed by atoms with Crippen LogP contribution in [0.3, 0.4) is 0 Å². The number of nitrogens with zero attached hydrogens (tertiary/aromatic N) is 1. The van der Waals surface area contributed by atoms with Crippen molar-refractivity contribution in [3.63, 3.8) is 0 Å². The molecule has 0 amide bonds. The molecular formula is C15H17F2N3. The first-order valence-corrected chi connectivity index (χ1v) is 6.45. The maximum Gasteiger partial charge on any atom is 0.169 e. The van der Waals surface area contributed by atoms with Crippen LogP contribution in [0.25, 0.3) is 0 Å². The summed E-state index contributed by atoms with van der Waals surface area (Å²) >= 11 is 0. The zero-order valence-electron chi connectivity index (χ0n) is 11.7. The Labute approximate surface area is 117 Å². The molecule has 5 heteroatoms. The van der Waals surface area contributed by atoms with Crippen molar-refractivity contribution in [3.8, 4) is 0 Å². The van der Waals surface area contributed by atoms with Crippen molar-refractivity contribution in [2.45, 2.75) is 20.8 Å². The molecule has 0 unspecified atom stereocenters. The number of hydrogen-bond acceptors (Lipinski definition) is 3. The Balaban J connectivity index is 2.32. The Bertz CT molecular complexity index is 627. The van der Waals surface area contributed by atoms with Crippen LogP contribution in [0.2, 0.25) is 0 Å². The average Bonchev–Trinajstić information content (AvgIpc) is 2.39.